The topological polar surface area (TPSA) is 83.5 Å². The minimum absolute atomic E-state index is 0.137. The summed E-state index contributed by atoms with van der Waals surface area (Å²) in [7, 11) is -1.43. The smallest absolute Gasteiger partial charge is 0.310 e. The van der Waals surface area contributed by atoms with Crippen LogP contribution in [0.15, 0.2) is 102 Å². The first-order valence-electron chi connectivity index (χ1n) is 13.3. The molecule has 4 aromatic carbocycles. The maximum atomic E-state index is 13.7. The Morgan fingerprint density at radius 2 is 1.73 bits per heavy atom. The maximum absolute atomic E-state index is 13.7. The van der Waals surface area contributed by atoms with Gasteiger partial charge in [-0.15, -0.1) is 0 Å². The molecule has 0 aliphatic carbocycles. The van der Waals surface area contributed by atoms with Gasteiger partial charge in [-0.1, -0.05) is 54.1 Å². The summed E-state index contributed by atoms with van der Waals surface area (Å²) in [5.41, 5.74) is 12.6. The number of aromatic nitrogens is 1. The van der Waals surface area contributed by atoms with E-state index in [1.54, 1.807) is 10.9 Å². The van der Waals surface area contributed by atoms with Gasteiger partial charge in [0.15, 0.2) is 11.0 Å². The molecule has 0 aliphatic rings. The minimum atomic E-state index is -1.43. The lowest BCUT2D eigenvalue weighted by atomic mass is 9.97. The van der Waals surface area contributed by atoms with E-state index in [1.165, 1.54) is 0 Å². The third-order valence-electron chi connectivity index (χ3n) is 6.71. The molecule has 0 aliphatic heterocycles. The zero-order valence-electron chi connectivity index (χ0n) is 22.6. The molecule has 0 fully saturated rings. The standard InChI is InChI=1S/C33H32N2O4S/c1-3-38-33(36)20-27-8-4-5-10-32(27)39-22-25-18-30(26-9-6-7-24(17-26)21-34)29-15-16-35(31(29)19-25)40(37)28-13-11-23(2)12-14-28/h4-19H,3,20-22,34H2,1-2H3. The van der Waals surface area contributed by atoms with Gasteiger partial charge in [0.2, 0.25) is 0 Å². The van der Waals surface area contributed by atoms with Gasteiger partial charge in [0.05, 0.1) is 23.4 Å². The largest absolute Gasteiger partial charge is 0.489 e. The molecule has 1 aromatic heterocycles. The van der Waals surface area contributed by atoms with Crippen LogP contribution in [0.1, 0.15) is 29.2 Å². The average molecular weight is 553 g/mol. The summed E-state index contributed by atoms with van der Waals surface area (Å²) < 4.78 is 26.8. The number of hydrogen-bond acceptors (Lipinski definition) is 5. The van der Waals surface area contributed by atoms with Crippen LogP contribution in [0.5, 0.6) is 5.75 Å². The zero-order chi connectivity index (χ0) is 28.1. The molecule has 0 radical (unpaired) electrons. The maximum Gasteiger partial charge on any atom is 0.310 e. The van der Waals surface area contributed by atoms with E-state index in [0.717, 1.165) is 49.2 Å². The molecule has 0 bridgehead atoms. The van der Waals surface area contributed by atoms with Crippen molar-refractivity contribution < 1.29 is 18.5 Å². The van der Waals surface area contributed by atoms with Crippen molar-refractivity contribution in [3.05, 3.63) is 119 Å². The number of para-hydroxylation sites is 1. The number of nitrogens with zero attached hydrogens (tertiary/aromatic N) is 1. The van der Waals surface area contributed by atoms with Gasteiger partial charge >= 0.3 is 5.97 Å². The summed E-state index contributed by atoms with van der Waals surface area (Å²) in [6, 6.07) is 29.5. The Labute approximate surface area is 236 Å². The average Bonchev–Trinajstić information content (AvgIpc) is 3.40. The fourth-order valence-electron chi connectivity index (χ4n) is 4.70. The molecule has 204 valence electrons. The van der Waals surface area contributed by atoms with Gasteiger partial charge < -0.3 is 15.2 Å². The molecule has 1 heterocycles. The number of fused-ring (bicyclic) bond motifs is 1. The van der Waals surface area contributed by atoms with Crippen LogP contribution in [0.25, 0.3) is 22.0 Å². The number of nitrogens with two attached hydrogens (primary N) is 1. The molecule has 0 saturated heterocycles. The van der Waals surface area contributed by atoms with E-state index >= 15 is 0 Å². The Morgan fingerprint density at radius 1 is 0.925 bits per heavy atom. The third-order valence-corrected chi connectivity index (χ3v) is 8.07. The Morgan fingerprint density at radius 3 is 2.50 bits per heavy atom. The molecule has 2 N–H and O–H groups in total. The number of rotatable bonds is 10. The first-order valence-corrected chi connectivity index (χ1v) is 14.4. The first kappa shape index (κ1) is 27.4. The molecule has 0 saturated carbocycles. The fraction of sp³-hybridized carbons (Fsp3) is 0.182. The second-order valence-electron chi connectivity index (χ2n) is 9.56. The van der Waals surface area contributed by atoms with E-state index in [9.17, 15) is 9.00 Å². The Kier molecular flexibility index (Phi) is 8.43. The molecular weight excluding hydrogens is 520 g/mol. The van der Waals surface area contributed by atoms with Gasteiger partial charge in [0.25, 0.3) is 0 Å². The third kappa shape index (κ3) is 6.01. The number of esters is 1. The molecule has 40 heavy (non-hydrogen) atoms. The van der Waals surface area contributed by atoms with Crippen LogP contribution in [0, 0.1) is 6.92 Å². The molecule has 6 nitrogen and oxygen atoms in total. The summed E-state index contributed by atoms with van der Waals surface area (Å²) in [5.74, 6) is 0.333. The van der Waals surface area contributed by atoms with Crippen LogP contribution in [0.2, 0.25) is 0 Å². The van der Waals surface area contributed by atoms with Gasteiger partial charge in [0, 0.05) is 23.7 Å². The van der Waals surface area contributed by atoms with Gasteiger partial charge in [-0.3, -0.25) is 8.77 Å². The SMILES string of the molecule is CCOC(=O)Cc1ccccc1OCc1cc(-c2cccc(CN)c2)c2ccn(S(=O)c3ccc(C)cc3)c2c1. The molecule has 0 amide bonds. The van der Waals surface area contributed by atoms with Gasteiger partial charge in [-0.25, -0.2) is 4.21 Å². The lowest BCUT2D eigenvalue weighted by molar-refractivity contribution is -0.142. The minimum Gasteiger partial charge on any atom is -0.489 e. The lowest BCUT2D eigenvalue weighted by Crippen LogP contribution is -2.09. The predicted molar refractivity (Wildman–Crippen MR) is 159 cm³/mol. The van der Waals surface area contributed by atoms with Crippen molar-refractivity contribution in [2.24, 2.45) is 5.73 Å². The quantitative estimate of drug-likeness (QED) is 0.205. The van der Waals surface area contributed by atoms with E-state index in [2.05, 4.69) is 18.2 Å². The molecule has 0 spiro atoms. The normalized spacial score (nSPS) is 11.9. The molecular formula is C33H32N2O4S. The predicted octanol–water partition coefficient (Wildman–Crippen LogP) is 6.33. The monoisotopic (exact) mass is 552 g/mol. The van der Waals surface area contributed by atoms with Crippen LogP contribution in [-0.4, -0.2) is 20.8 Å². The number of benzene rings is 4. The molecule has 7 heteroatoms. The highest BCUT2D eigenvalue weighted by Gasteiger charge is 2.16. The molecule has 1 atom stereocenters. The molecule has 5 aromatic rings. The van der Waals surface area contributed by atoms with Gasteiger partial charge in [0.1, 0.15) is 12.4 Å². The van der Waals surface area contributed by atoms with Crippen LogP contribution >= 0.6 is 0 Å². The molecule has 1 unspecified atom stereocenters. The summed E-state index contributed by atoms with van der Waals surface area (Å²) in [6.45, 7) is 4.84. The zero-order valence-corrected chi connectivity index (χ0v) is 23.4. The van der Waals surface area contributed by atoms with E-state index in [1.807, 2.05) is 85.9 Å². The highest BCUT2D eigenvalue weighted by Crippen LogP contribution is 2.33. The van der Waals surface area contributed by atoms with E-state index in [-0.39, 0.29) is 19.0 Å². The lowest BCUT2D eigenvalue weighted by Gasteiger charge is -2.14. The van der Waals surface area contributed by atoms with Crippen molar-refractivity contribution in [2.45, 2.75) is 38.3 Å². The number of carbonyl (C=O) groups excluding carboxylic acids is 1. The number of ether oxygens (including phenoxy) is 2. The van der Waals surface area contributed by atoms with Crippen LogP contribution in [0.3, 0.4) is 0 Å². The van der Waals surface area contributed by atoms with E-state index < -0.39 is 11.0 Å². The molecule has 5 rings (SSSR count). The van der Waals surface area contributed by atoms with Crippen molar-refractivity contribution in [1.29, 1.82) is 0 Å². The van der Waals surface area contributed by atoms with Crippen molar-refractivity contribution >= 4 is 27.9 Å². The van der Waals surface area contributed by atoms with Crippen molar-refractivity contribution in [3.8, 4) is 16.9 Å². The summed E-state index contributed by atoms with van der Waals surface area (Å²) >= 11 is 0. The highest BCUT2D eigenvalue weighted by atomic mass is 32.2. The first-order chi connectivity index (χ1) is 19.5. The summed E-state index contributed by atoms with van der Waals surface area (Å²) in [5, 5.41) is 0.987. The van der Waals surface area contributed by atoms with Crippen molar-refractivity contribution in [2.75, 3.05) is 6.61 Å². The second-order valence-corrected chi connectivity index (χ2v) is 10.9. The van der Waals surface area contributed by atoms with E-state index in [0.29, 0.717) is 18.9 Å². The highest BCUT2D eigenvalue weighted by molar-refractivity contribution is 7.83. The summed E-state index contributed by atoms with van der Waals surface area (Å²) in [4.78, 5) is 12.9. The van der Waals surface area contributed by atoms with Gasteiger partial charge in [-0.05, 0) is 78.6 Å². The van der Waals surface area contributed by atoms with Crippen LogP contribution < -0.4 is 10.5 Å². The van der Waals surface area contributed by atoms with Crippen molar-refractivity contribution in [3.63, 3.8) is 0 Å². The Bertz CT molecular complexity index is 1670. The number of carbonyl (C=O) groups is 1. The van der Waals surface area contributed by atoms with Crippen molar-refractivity contribution in [1.82, 2.24) is 3.97 Å². The van der Waals surface area contributed by atoms with Gasteiger partial charge in [-0.2, -0.15) is 0 Å². The number of hydrogen-bond donors (Lipinski definition) is 1. The second kappa shape index (κ2) is 12.3. The number of aryl methyl sites for hydroxylation is 1. The van der Waals surface area contributed by atoms with E-state index in [4.69, 9.17) is 15.2 Å². The Hall–Kier alpha value is -4.20. The van der Waals surface area contributed by atoms with Crippen LogP contribution in [-0.2, 0) is 40.1 Å². The fourth-order valence-corrected chi connectivity index (χ4v) is 5.79. The summed E-state index contributed by atoms with van der Waals surface area (Å²) in [6.07, 6.45) is 2.01. The van der Waals surface area contributed by atoms with Crippen LogP contribution in [0.4, 0.5) is 0 Å². The Balaban J connectivity index is 1.55.